The highest BCUT2D eigenvalue weighted by atomic mass is 16.3. The van der Waals surface area contributed by atoms with Gasteiger partial charge in [-0.15, -0.1) is 0 Å². The third kappa shape index (κ3) is 10.5. The molecular weight excluding hydrogens is 264 g/mol. The second-order valence-electron chi connectivity index (χ2n) is 6.23. The molecule has 0 aliphatic carbocycles. The van der Waals surface area contributed by atoms with Crippen LogP contribution in [0.4, 0.5) is 0 Å². The molecule has 0 aromatic carbocycles. The predicted molar refractivity (Wildman–Crippen MR) is 89.1 cm³/mol. The third-order valence-corrected chi connectivity index (χ3v) is 3.83. The molecule has 0 fully saturated rings. The Bertz CT molecular complexity index is 301. The summed E-state index contributed by atoms with van der Waals surface area (Å²) in [6, 6.07) is 0. The van der Waals surface area contributed by atoms with Crippen molar-refractivity contribution in [1.82, 2.24) is 4.90 Å². The van der Waals surface area contributed by atoms with E-state index >= 15 is 0 Å². The van der Waals surface area contributed by atoms with Gasteiger partial charge in [0.2, 0.25) is 5.91 Å². The number of carbonyl (C=O) groups excluding carboxylic acids is 1. The summed E-state index contributed by atoms with van der Waals surface area (Å²) in [5.74, 6) is 0.238. The Balaban J connectivity index is 4.04. The average molecular weight is 299 g/mol. The first-order valence-electron chi connectivity index (χ1n) is 8.32. The van der Waals surface area contributed by atoms with Crippen LogP contribution >= 0.6 is 0 Å². The molecule has 0 aliphatic rings. The number of unbranched alkanes of at least 4 members (excludes halogenated alkanes) is 2. The molecule has 0 heterocycles. The zero-order valence-corrected chi connectivity index (χ0v) is 14.5. The molecule has 4 nitrogen and oxygen atoms in total. The van der Waals surface area contributed by atoms with E-state index in [1.165, 1.54) is 12.8 Å². The van der Waals surface area contributed by atoms with Gasteiger partial charge >= 0.3 is 0 Å². The van der Waals surface area contributed by atoms with Crippen molar-refractivity contribution in [3.8, 4) is 0 Å². The zero-order chi connectivity index (χ0) is 16.1. The second-order valence-corrected chi connectivity index (χ2v) is 6.23. The van der Waals surface area contributed by atoms with Crippen molar-refractivity contribution < 1.29 is 14.4 Å². The van der Waals surface area contributed by atoms with Gasteiger partial charge in [-0.1, -0.05) is 31.9 Å². The molecule has 0 aromatic rings. The van der Waals surface area contributed by atoms with E-state index in [4.69, 9.17) is 5.11 Å². The van der Waals surface area contributed by atoms with Crippen molar-refractivity contribution in [1.29, 1.82) is 0 Å². The predicted octanol–water partition coefficient (Wildman–Crippen LogP) is 2.43. The molecule has 124 valence electrons. The van der Waals surface area contributed by atoms with Crippen LogP contribution in [-0.2, 0) is 4.79 Å². The standard InChI is InChI=1S/C17H35N2O2/c1-5-7-8-9-10-11-12-17(21)18(6-2)13-14-19(3,4)15-16-20/h9-10,20H,5-8,11-16H2,1-4H3/q+1/b10-9+. The Morgan fingerprint density at radius 3 is 2.38 bits per heavy atom. The highest BCUT2D eigenvalue weighted by Crippen LogP contribution is 2.03. The first-order chi connectivity index (χ1) is 9.96. The highest BCUT2D eigenvalue weighted by molar-refractivity contribution is 5.76. The molecule has 1 amide bonds. The van der Waals surface area contributed by atoms with Gasteiger partial charge < -0.3 is 14.5 Å². The number of hydrogen-bond acceptors (Lipinski definition) is 2. The molecule has 0 radical (unpaired) electrons. The minimum Gasteiger partial charge on any atom is -0.391 e. The fourth-order valence-electron chi connectivity index (χ4n) is 2.16. The van der Waals surface area contributed by atoms with Gasteiger partial charge in [-0.25, -0.2) is 0 Å². The molecule has 0 unspecified atom stereocenters. The topological polar surface area (TPSA) is 40.5 Å². The first-order valence-corrected chi connectivity index (χ1v) is 8.32. The van der Waals surface area contributed by atoms with Gasteiger partial charge in [0.25, 0.3) is 0 Å². The summed E-state index contributed by atoms with van der Waals surface area (Å²) >= 11 is 0. The van der Waals surface area contributed by atoms with Crippen molar-refractivity contribution in [3.05, 3.63) is 12.2 Å². The van der Waals surface area contributed by atoms with Gasteiger partial charge in [-0.05, 0) is 19.8 Å². The summed E-state index contributed by atoms with van der Waals surface area (Å²) in [6.07, 6.45) is 9.33. The number of carbonyl (C=O) groups is 1. The molecule has 0 bridgehead atoms. The van der Waals surface area contributed by atoms with E-state index in [9.17, 15) is 4.79 Å². The smallest absolute Gasteiger partial charge is 0.223 e. The number of aliphatic hydroxyl groups is 1. The molecule has 0 aromatic heterocycles. The number of aliphatic hydroxyl groups excluding tert-OH is 1. The number of rotatable bonds is 12. The van der Waals surface area contributed by atoms with Crippen molar-refractivity contribution in [2.45, 2.75) is 46.0 Å². The minimum atomic E-state index is 0.190. The van der Waals surface area contributed by atoms with E-state index < -0.39 is 0 Å². The second kappa shape index (κ2) is 11.8. The van der Waals surface area contributed by atoms with Gasteiger partial charge in [-0.3, -0.25) is 4.79 Å². The van der Waals surface area contributed by atoms with E-state index in [-0.39, 0.29) is 12.5 Å². The normalized spacial score (nSPS) is 12.0. The molecule has 0 spiro atoms. The summed E-state index contributed by atoms with van der Waals surface area (Å²) in [5, 5.41) is 9.03. The number of likely N-dealkylation sites (N-methyl/N-ethyl adjacent to an activating group) is 2. The fraction of sp³-hybridized carbons (Fsp3) is 0.824. The number of amides is 1. The van der Waals surface area contributed by atoms with E-state index in [2.05, 4.69) is 33.2 Å². The highest BCUT2D eigenvalue weighted by Gasteiger charge is 2.18. The summed E-state index contributed by atoms with van der Waals surface area (Å²) in [4.78, 5) is 14.1. The summed E-state index contributed by atoms with van der Waals surface area (Å²) in [5.41, 5.74) is 0. The molecule has 1 N–H and O–H groups in total. The van der Waals surface area contributed by atoms with Crippen LogP contribution in [0.1, 0.15) is 46.0 Å². The SMILES string of the molecule is CCCC/C=C/CCC(=O)N(CC)CC[N+](C)(C)CCO. The molecule has 0 atom stereocenters. The molecule has 0 saturated carbocycles. The molecule has 21 heavy (non-hydrogen) atoms. The van der Waals surface area contributed by atoms with Crippen LogP contribution in [0, 0.1) is 0 Å². The van der Waals surface area contributed by atoms with Crippen molar-refractivity contribution in [2.75, 3.05) is 46.9 Å². The monoisotopic (exact) mass is 299 g/mol. The van der Waals surface area contributed by atoms with E-state index in [0.717, 1.165) is 43.5 Å². The lowest BCUT2D eigenvalue weighted by Crippen LogP contribution is -2.48. The maximum atomic E-state index is 12.2. The Kier molecular flexibility index (Phi) is 11.3. The van der Waals surface area contributed by atoms with Gasteiger partial charge in [0.05, 0.1) is 33.8 Å². The number of hydrogen-bond donors (Lipinski definition) is 1. The lowest BCUT2D eigenvalue weighted by molar-refractivity contribution is -0.890. The molecule has 4 heteroatoms. The summed E-state index contributed by atoms with van der Waals surface area (Å²) in [7, 11) is 4.18. The van der Waals surface area contributed by atoms with E-state index in [1.807, 2.05) is 11.8 Å². The van der Waals surface area contributed by atoms with Crippen LogP contribution in [0.5, 0.6) is 0 Å². The number of allylic oxidation sites excluding steroid dienone is 2. The van der Waals surface area contributed by atoms with Crippen LogP contribution in [-0.4, -0.2) is 67.3 Å². The largest absolute Gasteiger partial charge is 0.391 e. The van der Waals surface area contributed by atoms with Crippen LogP contribution in [0.3, 0.4) is 0 Å². The van der Waals surface area contributed by atoms with E-state index in [1.54, 1.807) is 0 Å². The van der Waals surface area contributed by atoms with Gasteiger partial charge in [0.15, 0.2) is 0 Å². The molecule has 0 aliphatic heterocycles. The lowest BCUT2D eigenvalue weighted by atomic mass is 10.2. The van der Waals surface area contributed by atoms with Crippen molar-refractivity contribution >= 4 is 5.91 Å². The molecular formula is C17H35N2O2+. The van der Waals surface area contributed by atoms with Crippen LogP contribution in [0.15, 0.2) is 12.2 Å². The Hall–Kier alpha value is -0.870. The van der Waals surface area contributed by atoms with Crippen LogP contribution in [0.2, 0.25) is 0 Å². The number of quaternary nitrogens is 1. The maximum absolute atomic E-state index is 12.2. The quantitative estimate of drug-likeness (QED) is 0.341. The maximum Gasteiger partial charge on any atom is 0.223 e. The minimum absolute atomic E-state index is 0.190. The van der Waals surface area contributed by atoms with Gasteiger partial charge in [0.1, 0.15) is 6.54 Å². The van der Waals surface area contributed by atoms with Crippen molar-refractivity contribution in [3.63, 3.8) is 0 Å². The average Bonchev–Trinajstić information content (AvgIpc) is 2.43. The van der Waals surface area contributed by atoms with Crippen LogP contribution in [0.25, 0.3) is 0 Å². The summed E-state index contributed by atoms with van der Waals surface area (Å²) < 4.78 is 0.747. The molecule has 0 rings (SSSR count). The Labute approximate surface area is 131 Å². The summed E-state index contributed by atoms with van der Waals surface area (Å²) in [6.45, 7) is 7.54. The lowest BCUT2D eigenvalue weighted by Gasteiger charge is -2.31. The fourth-order valence-corrected chi connectivity index (χ4v) is 2.16. The Morgan fingerprint density at radius 1 is 1.14 bits per heavy atom. The van der Waals surface area contributed by atoms with E-state index in [0.29, 0.717) is 6.42 Å². The zero-order valence-electron chi connectivity index (χ0n) is 14.5. The van der Waals surface area contributed by atoms with Gasteiger partial charge in [0, 0.05) is 13.0 Å². The first kappa shape index (κ1) is 20.1. The Morgan fingerprint density at radius 2 is 1.81 bits per heavy atom. The number of nitrogens with zero attached hydrogens (tertiary/aromatic N) is 2. The molecule has 0 saturated heterocycles. The van der Waals surface area contributed by atoms with Crippen molar-refractivity contribution in [2.24, 2.45) is 0 Å². The third-order valence-electron chi connectivity index (χ3n) is 3.83. The van der Waals surface area contributed by atoms with Crippen LogP contribution < -0.4 is 0 Å². The van der Waals surface area contributed by atoms with Gasteiger partial charge in [-0.2, -0.15) is 0 Å².